The topological polar surface area (TPSA) is 87.0 Å². The van der Waals surface area contributed by atoms with Gasteiger partial charge in [-0.1, -0.05) is 30.7 Å². The maximum Gasteiger partial charge on any atom is 0.305 e. The van der Waals surface area contributed by atoms with Crippen molar-refractivity contribution in [1.82, 2.24) is 0 Å². The number of alkyl halides is 1. The third-order valence-corrected chi connectivity index (χ3v) is 6.80. The Hall–Kier alpha value is -0.880. The normalized spacial score (nSPS) is 33.7. The highest BCUT2D eigenvalue weighted by Gasteiger charge is 2.39. The molecule has 0 spiro atoms. The van der Waals surface area contributed by atoms with E-state index in [9.17, 15) is 20.1 Å². The number of carbonyl (C=O) groups excluding carboxylic acids is 1. The number of aliphatic hydroxyl groups is 3. The molecule has 0 bridgehead atoms. The Morgan fingerprint density at radius 2 is 2.00 bits per heavy atom. The van der Waals surface area contributed by atoms with Gasteiger partial charge in [0.2, 0.25) is 0 Å². The van der Waals surface area contributed by atoms with Crippen molar-refractivity contribution >= 4 is 17.6 Å². The van der Waals surface area contributed by atoms with Gasteiger partial charge in [0.15, 0.2) is 0 Å². The van der Waals surface area contributed by atoms with Crippen LogP contribution in [0.25, 0.3) is 0 Å². The number of hydrogen-bond acceptors (Lipinski definition) is 5. The van der Waals surface area contributed by atoms with E-state index in [0.29, 0.717) is 31.1 Å². The van der Waals surface area contributed by atoms with Gasteiger partial charge in [0.05, 0.1) is 25.4 Å². The van der Waals surface area contributed by atoms with Gasteiger partial charge in [0, 0.05) is 24.6 Å². The van der Waals surface area contributed by atoms with Crippen molar-refractivity contribution in [2.75, 3.05) is 13.0 Å². The number of hydrogen-bond donors (Lipinski definition) is 3. The second kappa shape index (κ2) is 12.7. The van der Waals surface area contributed by atoms with Crippen LogP contribution >= 0.6 is 11.6 Å². The van der Waals surface area contributed by atoms with Crippen LogP contribution in [-0.4, -0.2) is 52.6 Å². The number of halogens is 1. The molecule has 2 aliphatic carbocycles. The zero-order valence-electron chi connectivity index (χ0n) is 17.5. The van der Waals surface area contributed by atoms with E-state index in [1.165, 1.54) is 7.11 Å². The fourth-order valence-electron chi connectivity index (χ4n) is 4.78. The predicted molar refractivity (Wildman–Crippen MR) is 115 cm³/mol. The molecule has 0 amide bonds. The van der Waals surface area contributed by atoms with Crippen molar-refractivity contribution < 1.29 is 24.9 Å². The summed E-state index contributed by atoms with van der Waals surface area (Å²) >= 11 is 5.84. The van der Waals surface area contributed by atoms with Crippen LogP contribution in [0.3, 0.4) is 0 Å². The maximum absolute atomic E-state index is 11.1. The lowest BCUT2D eigenvalue weighted by Crippen LogP contribution is -2.21. The Bertz CT molecular complexity index is 549. The monoisotopic (exact) mass is 428 g/mol. The fourth-order valence-corrected chi connectivity index (χ4v) is 5.09. The minimum absolute atomic E-state index is 0.0575. The largest absolute Gasteiger partial charge is 0.469 e. The molecule has 2 fully saturated rings. The molecule has 6 heteroatoms. The van der Waals surface area contributed by atoms with Crippen molar-refractivity contribution in [3.63, 3.8) is 0 Å². The lowest BCUT2D eigenvalue weighted by atomic mass is 9.88. The molecule has 0 radical (unpaired) electrons. The third kappa shape index (κ3) is 7.71. The number of aliphatic hydroxyl groups excluding tert-OH is 3. The average Bonchev–Trinajstić information content (AvgIpc) is 3.27. The summed E-state index contributed by atoms with van der Waals surface area (Å²) in [6.45, 7) is 0. The van der Waals surface area contributed by atoms with Gasteiger partial charge in [-0.25, -0.2) is 0 Å². The Morgan fingerprint density at radius 1 is 1.21 bits per heavy atom. The maximum atomic E-state index is 11.1. The summed E-state index contributed by atoms with van der Waals surface area (Å²) in [4.78, 5) is 11.1. The van der Waals surface area contributed by atoms with Crippen LogP contribution in [0.4, 0.5) is 0 Å². The number of unbranched alkanes of at least 4 members (excludes halogenated alkanes) is 1. The van der Waals surface area contributed by atoms with E-state index in [-0.39, 0.29) is 23.7 Å². The van der Waals surface area contributed by atoms with E-state index in [0.717, 1.165) is 38.5 Å². The summed E-state index contributed by atoms with van der Waals surface area (Å²) in [5.74, 6) is 1.13. The zero-order valence-corrected chi connectivity index (χ0v) is 18.2. The Labute approximate surface area is 179 Å². The first-order chi connectivity index (χ1) is 14.0. The molecular weight excluding hydrogens is 392 g/mol. The number of ether oxygens (including phenoxy) is 1. The molecule has 2 saturated carbocycles. The van der Waals surface area contributed by atoms with Gasteiger partial charge in [-0.2, -0.15) is 0 Å². The molecule has 0 aromatic heterocycles. The molecule has 0 aromatic rings. The highest BCUT2D eigenvalue weighted by atomic mass is 35.5. The fraction of sp³-hybridized carbons (Fsp3) is 0.783. The molecular formula is C23H37ClO5. The average molecular weight is 429 g/mol. The van der Waals surface area contributed by atoms with Crippen molar-refractivity contribution in [2.24, 2.45) is 23.7 Å². The van der Waals surface area contributed by atoms with Crippen LogP contribution in [0.15, 0.2) is 24.3 Å². The highest BCUT2D eigenvalue weighted by molar-refractivity contribution is 6.17. The molecule has 0 aromatic carbocycles. The molecule has 0 heterocycles. The standard InChI is InChI=1S/C23H37ClO5/c1-29-23(28)7-5-3-2-4-6-18-19(22(27)15-21(18)26)10-11-20(25)17-9-8-16(14-17)12-13-24/h2,4,10-11,16-22,25-27H,3,5-9,12-15H2,1H3/b4-2-,11-10+/t16?,17?,18-,19-,20-,21+,22-/m1/s1. The molecule has 0 saturated heterocycles. The minimum Gasteiger partial charge on any atom is -0.469 e. The van der Waals surface area contributed by atoms with Gasteiger partial charge in [0.25, 0.3) is 0 Å². The van der Waals surface area contributed by atoms with E-state index >= 15 is 0 Å². The summed E-state index contributed by atoms with van der Waals surface area (Å²) in [7, 11) is 1.39. The van der Waals surface area contributed by atoms with Gasteiger partial charge in [-0.3, -0.25) is 4.79 Å². The number of rotatable bonds is 11. The smallest absolute Gasteiger partial charge is 0.305 e. The van der Waals surface area contributed by atoms with E-state index < -0.39 is 18.3 Å². The lowest BCUT2D eigenvalue weighted by Gasteiger charge is -2.21. The SMILES string of the molecule is COC(=O)CCC/C=C\C[C@@H]1[C@@H](/C=C/[C@@H](O)C2CCC(CCCl)C2)[C@H](O)C[C@@H]1O. The van der Waals surface area contributed by atoms with Crippen LogP contribution < -0.4 is 0 Å². The van der Waals surface area contributed by atoms with Crippen LogP contribution in [0.5, 0.6) is 0 Å². The Morgan fingerprint density at radius 3 is 2.72 bits per heavy atom. The molecule has 2 aliphatic rings. The van der Waals surface area contributed by atoms with Crippen LogP contribution in [0, 0.1) is 23.7 Å². The van der Waals surface area contributed by atoms with E-state index in [2.05, 4.69) is 4.74 Å². The number of esters is 1. The second-order valence-electron chi connectivity index (χ2n) is 8.58. The lowest BCUT2D eigenvalue weighted by molar-refractivity contribution is -0.140. The first kappa shape index (κ1) is 24.4. The molecule has 5 nitrogen and oxygen atoms in total. The second-order valence-corrected chi connectivity index (χ2v) is 8.96. The summed E-state index contributed by atoms with van der Waals surface area (Å²) in [6.07, 6.45) is 13.3. The van der Waals surface area contributed by atoms with Gasteiger partial charge in [0.1, 0.15) is 0 Å². The summed E-state index contributed by atoms with van der Waals surface area (Å²) in [5, 5.41) is 31.3. The highest BCUT2D eigenvalue weighted by Crippen LogP contribution is 2.38. The van der Waals surface area contributed by atoms with Crippen LogP contribution in [0.1, 0.15) is 57.8 Å². The molecule has 2 unspecified atom stereocenters. The molecule has 0 aliphatic heterocycles. The first-order valence-electron chi connectivity index (χ1n) is 11.0. The summed E-state index contributed by atoms with van der Waals surface area (Å²) < 4.78 is 4.62. The molecule has 29 heavy (non-hydrogen) atoms. The number of methoxy groups -OCH3 is 1. The summed E-state index contributed by atoms with van der Waals surface area (Å²) in [6, 6.07) is 0. The summed E-state index contributed by atoms with van der Waals surface area (Å²) in [5.41, 5.74) is 0. The van der Waals surface area contributed by atoms with Crippen molar-refractivity contribution in [3.05, 3.63) is 24.3 Å². The van der Waals surface area contributed by atoms with Gasteiger partial charge >= 0.3 is 5.97 Å². The first-order valence-corrected chi connectivity index (χ1v) is 11.5. The third-order valence-electron chi connectivity index (χ3n) is 6.58. The van der Waals surface area contributed by atoms with Gasteiger partial charge in [-0.15, -0.1) is 11.6 Å². The predicted octanol–water partition coefficient (Wildman–Crippen LogP) is 3.60. The van der Waals surface area contributed by atoms with E-state index in [4.69, 9.17) is 11.6 Å². The molecule has 2 rings (SSSR count). The quantitative estimate of drug-likeness (QED) is 0.202. The van der Waals surface area contributed by atoms with Gasteiger partial charge < -0.3 is 20.1 Å². The number of allylic oxidation sites excluding steroid dienone is 2. The Balaban J connectivity index is 1.82. The molecule has 7 atom stereocenters. The van der Waals surface area contributed by atoms with E-state index in [1.54, 1.807) is 0 Å². The molecule has 166 valence electrons. The van der Waals surface area contributed by atoms with Crippen molar-refractivity contribution in [3.8, 4) is 0 Å². The molecule has 3 N–H and O–H groups in total. The van der Waals surface area contributed by atoms with Crippen LogP contribution in [-0.2, 0) is 9.53 Å². The zero-order chi connectivity index (χ0) is 21.2. The van der Waals surface area contributed by atoms with Crippen LogP contribution in [0.2, 0.25) is 0 Å². The van der Waals surface area contributed by atoms with E-state index in [1.807, 2.05) is 24.3 Å². The van der Waals surface area contributed by atoms with Crippen molar-refractivity contribution in [1.29, 1.82) is 0 Å². The number of carbonyl (C=O) groups is 1. The minimum atomic E-state index is -0.584. The van der Waals surface area contributed by atoms with Gasteiger partial charge in [-0.05, 0) is 56.3 Å². The van der Waals surface area contributed by atoms with Crippen molar-refractivity contribution in [2.45, 2.75) is 76.1 Å². The Kier molecular flexibility index (Phi) is 10.7.